The molecule has 0 saturated heterocycles. The fourth-order valence-electron chi connectivity index (χ4n) is 4.43. The maximum Gasteiger partial charge on any atom is 0.0138 e. The molecule has 0 spiro atoms. The molecule has 0 aromatic heterocycles. The Morgan fingerprint density at radius 2 is 1.42 bits per heavy atom. The second kappa shape index (κ2) is 8.26. The van der Waals surface area contributed by atoms with Crippen LogP contribution in [0.15, 0.2) is 0 Å². The topological polar surface area (TPSA) is 29.3 Å². The molecule has 0 radical (unpaired) electrons. The minimum atomic E-state index is 0.763. The molecule has 2 fully saturated rings. The first-order valence-corrected chi connectivity index (χ1v) is 8.82. The molecule has 112 valence electrons. The van der Waals surface area contributed by atoms with E-state index >= 15 is 0 Å². The summed E-state index contributed by atoms with van der Waals surface area (Å²) < 4.78 is 0. The van der Waals surface area contributed by atoms with Crippen LogP contribution in [0.25, 0.3) is 0 Å². The third kappa shape index (κ3) is 4.19. The van der Waals surface area contributed by atoms with Crippen molar-refractivity contribution in [3.8, 4) is 0 Å². The molecule has 0 amide bonds. The van der Waals surface area contributed by atoms with Crippen LogP contribution >= 0.6 is 0 Å². The zero-order valence-corrected chi connectivity index (χ0v) is 12.9. The fraction of sp³-hybridized carbons (Fsp3) is 1.00. The summed E-state index contributed by atoms with van der Waals surface area (Å²) in [6, 6.07) is 1.63. The van der Waals surface area contributed by atoms with E-state index in [1.165, 1.54) is 77.2 Å². The van der Waals surface area contributed by atoms with E-state index in [1.54, 1.807) is 0 Å². The van der Waals surface area contributed by atoms with Crippen LogP contribution in [0.3, 0.4) is 0 Å². The monoisotopic (exact) mass is 266 g/mol. The molecule has 2 aliphatic rings. The van der Waals surface area contributed by atoms with Gasteiger partial charge in [-0.1, -0.05) is 51.9 Å². The first kappa shape index (κ1) is 15.3. The van der Waals surface area contributed by atoms with Crippen LogP contribution in [-0.4, -0.2) is 30.1 Å². The summed E-state index contributed by atoms with van der Waals surface area (Å²) in [6.07, 6.45) is 15.7. The second-order valence-corrected chi connectivity index (χ2v) is 6.68. The lowest BCUT2D eigenvalue weighted by molar-refractivity contribution is 0.0581. The molecule has 19 heavy (non-hydrogen) atoms. The van der Waals surface area contributed by atoms with E-state index in [4.69, 9.17) is 5.73 Å². The molecule has 0 bridgehead atoms. The van der Waals surface area contributed by atoms with Gasteiger partial charge in [-0.25, -0.2) is 0 Å². The van der Waals surface area contributed by atoms with Gasteiger partial charge in [-0.15, -0.1) is 0 Å². The van der Waals surface area contributed by atoms with Crippen LogP contribution in [0.2, 0.25) is 0 Å². The van der Waals surface area contributed by atoms with Crippen molar-refractivity contribution < 1.29 is 0 Å². The molecule has 2 aliphatic carbocycles. The quantitative estimate of drug-likeness (QED) is 0.835. The van der Waals surface area contributed by atoms with Crippen molar-refractivity contribution in [3.63, 3.8) is 0 Å². The van der Waals surface area contributed by atoms with Crippen LogP contribution in [0, 0.1) is 5.92 Å². The molecule has 2 nitrogen and oxygen atoms in total. The van der Waals surface area contributed by atoms with Crippen molar-refractivity contribution >= 4 is 0 Å². The molecule has 2 N–H and O–H groups in total. The predicted molar refractivity (Wildman–Crippen MR) is 83.3 cm³/mol. The lowest BCUT2D eigenvalue weighted by Gasteiger charge is -2.44. The molecule has 2 rings (SSSR count). The van der Waals surface area contributed by atoms with E-state index in [-0.39, 0.29) is 0 Å². The minimum absolute atomic E-state index is 0.763. The number of rotatable bonds is 4. The standard InChI is InChI=1S/C17H34N2/c1-2-19(16-11-6-4-3-5-7-12-16)17-13-9-8-10-15(17)14-18/h15-17H,2-14,18H2,1H3. The smallest absolute Gasteiger partial charge is 0.0138 e. The lowest BCUT2D eigenvalue weighted by atomic mass is 9.82. The van der Waals surface area contributed by atoms with Gasteiger partial charge in [0, 0.05) is 12.1 Å². The van der Waals surface area contributed by atoms with Crippen molar-refractivity contribution in [2.24, 2.45) is 11.7 Å². The lowest BCUT2D eigenvalue weighted by Crippen LogP contribution is -2.50. The van der Waals surface area contributed by atoms with Crippen LogP contribution in [-0.2, 0) is 0 Å². The molecule has 2 unspecified atom stereocenters. The van der Waals surface area contributed by atoms with Crippen molar-refractivity contribution in [2.75, 3.05) is 13.1 Å². The number of hydrogen-bond donors (Lipinski definition) is 1. The Hall–Kier alpha value is -0.0800. The Morgan fingerprint density at radius 1 is 0.842 bits per heavy atom. The minimum Gasteiger partial charge on any atom is -0.330 e. The Balaban J connectivity index is 1.99. The van der Waals surface area contributed by atoms with Gasteiger partial charge in [0.2, 0.25) is 0 Å². The first-order chi connectivity index (χ1) is 9.36. The summed E-state index contributed by atoms with van der Waals surface area (Å²) >= 11 is 0. The second-order valence-electron chi connectivity index (χ2n) is 6.68. The molecular weight excluding hydrogens is 232 g/mol. The normalized spacial score (nSPS) is 31.1. The molecule has 0 aromatic rings. The summed E-state index contributed by atoms with van der Waals surface area (Å²) in [5, 5.41) is 0. The Morgan fingerprint density at radius 3 is 2.05 bits per heavy atom. The maximum absolute atomic E-state index is 6.04. The Bertz CT molecular complexity index is 233. The molecule has 2 saturated carbocycles. The first-order valence-electron chi connectivity index (χ1n) is 8.82. The zero-order valence-electron chi connectivity index (χ0n) is 12.9. The number of hydrogen-bond acceptors (Lipinski definition) is 2. The van der Waals surface area contributed by atoms with Gasteiger partial charge >= 0.3 is 0 Å². The average Bonchev–Trinajstić information content (AvgIpc) is 2.42. The average molecular weight is 266 g/mol. The molecular formula is C17H34N2. The van der Waals surface area contributed by atoms with Crippen LogP contribution < -0.4 is 5.73 Å². The summed E-state index contributed by atoms with van der Waals surface area (Å²) in [6.45, 7) is 4.49. The SMILES string of the molecule is CCN(C1CCCCCCC1)C1CCCCC1CN. The van der Waals surface area contributed by atoms with Gasteiger partial charge < -0.3 is 5.73 Å². The van der Waals surface area contributed by atoms with Gasteiger partial charge in [0.1, 0.15) is 0 Å². The predicted octanol–water partition coefficient (Wildman–Crippen LogP) is 3.94. The van der Waals surface area contributed by atoms with Gasteiger partial charge in [0.05, 0.1) is 0 Å². The van der Waals surface area contributed by atoms with E-state index in [9.17, 15) is 0 Å². The summed E-state index contributed by atoms with van der Waals surface area (Å²) in [7, 11) is 0. The molecule has 2 heteroatoms. The van der Waals surface area contributed by atoms with Gasteiger partial charge in [-0.05, 0) is 44.7 Å². The Kier molecular flexibility index (Phi) is 6.66. The molecule has 0 aliphatic heterocycles. The largest absolute Gasteiger partial charge is 0.330 e. The van der Waals surface area contributed by atoms with E-state index in [1.807, 2.05) is 0 Å². The van der Waals surface area contributed by atoms with Gasteiger partial charge in [-0.3, -0.25) is 4.90 Å². The molecule has 0 heterocycles. The van der Waals surface area contributed by atoms with Crippen LogP contribution in [0.1, 0.15) is 77.6 Å². The van der Waals surface area contributed by atoms with Crippen molar-refractivity contribution in [3.05, 3.63) is 0 Å². The van der Waals surface area contributed by atoms with Crippen molar-refractivity contribution in [1.82, 2.24) is 4.90 Å². The van der Waals surface area contributed by atoms with E-state index < -0.39 is 0 Å². The van der Waals surface area contributed by atoms with E-state index in [0.717, 1.165) is 24.5 Å². The van der Waals surface area contributed by atoms with Gasteiger partial charge in [0.15, 0.2) is 0 Å². The van der Waals surface area contributed by atoms with E-state index in [0.29, 0.717) is 0 Å². The van der Waals surface area contributed by atoms with Crippen molar-refractivity contribution in [1.29, 1.82) is 0 Å². The Labute approximate surface area is 120 Å². The summed E-state index contributed by atoms with van der Waals surface area (Å²) in [5.41, 5.74) is 6.04. The summed E-state index contributed by atoms with van der Waals surface area (Å²) in [4.78, 5) is 2.85. The summed E-state index contributed by atoms with van der Waals surface area (Å²) in [5.74, 6) is 0.763. The zero-order chi connectivity index (χ0) is 13.5. The highest BCUT2D eigenvalue weighted by atomic mass is 15.2. The van der Waals surface area contributed by atoms with Gasteiger partial charge in [-0.2, -0.15) is 0 Å². The number of nitrogens with zero attached hydrogens (tertiary/aromatic N) is 1. The van der Waals surface area contributed by atoms with Crippen LogP contribution in [0.5, 0.6) is 0 Å². The highest BCUT2D eigenvalue weighted by Crippen LogP contribution is 2.32. The number of nitrogens with two attached hydrogens (primary N) is 1. The third-order valence-electron chi connectivity index (χ3n) is 5.51. The fourth-order valence-corrected chi connectivity index (χ4v) is 4.43. The van der Waals surface area contributed by atoms with Crippen LogP contribution in [0.4, 0.5) is 0 Å². The molecule has 0 aromatic carbocycles. The highest BCUT2D eigenvalue weighted by molar-refractivity contribution is 4.87. The third-order valence-corrected chi connectivity index (χ3v) is 5.51. The highest BCUT2D eigenvalue weighted by Gasteiger charge is 2.32. The van der Waals surface area contributed by atoms with E-state index in [2.05, 4.69) is 11.8 Å². The maximum atomic E-state index is 6.04. The van der Waals surface area contributed by atoms with Crippen molar-refractivity contribution in [2.45, 2.75) is 89.6 Å². The van der Waals surface area contributed by atoms with Gasteiger partial charge in [0.25, 0.3) is 0 Å². The molecule has 2 atom stereocenters.